The number of carbonyl (C=O) groups is 2. The normalized spacial score (nSPS) is 15.3. The molecule has 0 aromatic heterocycles. The van der Waals surface area contributed by atoms with Crippen LogP contribution in [0.5, 0.6) is 28.7 Å². The van der Waals surface area contributed by atoms with Gasteiger partial charge in [-0.25, -0.2) is 0 Å². The Morgan fingerprint density at radius 1 is 0.938 bits per heavy atom. The van der Waals surface area contributed by atoms with E-state index in [1.54, 1.807) is 35.2 Å². The summed E-state index contributed by atoms with van der Waals surface area (Å²) in [6.45, 7) is 1.15. The zero-order valence-corrected chi connectivity index (χ0v) is 18.3. The summed E-state index contributed by atoms with van der Waals surface area (Å²) >= 11 is 0. The number of ether oxygens (including phenoxy) is 5. The van der Waals surface area contributed by atoms with Crippen LogP contribution in [0.15, 0.2) is 30.3 Å². The SMILES string of the molecule is COc1cc(C(=O)N2CCC(C(=O)Nc3ccc4c(c3)OCO4)CC2)cc(OC)c1OC. The molecule has 0 unspecified atom stereocenters. The van der Waals surface area contributed by atoms with Gasteiger partial charge in [-0.3, -0.25) is 9.59 Å². The van der Waals surface area contributed by atoms with Gasteiger partial charge in [0.25, 0.3) is 5.91 Å². The van der Waals surface area contributed by atoms with Crippen LogP contribution in [-0.4, -0.2) is 57.9 Å². The van der Waals surface area contributed by atoms with Crippen LogP contribution in [0.4, 0.5) is 5.69 Å². The van der Waals surface area contributed by atoms with E-state index in [0.29, 0.717) is 65.9 Å². The highest BCUT2D eigenvalue weighted by Crippen LogP contribution is 2.39. The first-order valence-corrected chi connectivity index (χ1v) is 10.3. The van der Waals surface area contributed by atoms with Gasteiger partial charge in [0.15, 0.2) is 23.0 Å². The minimum Gasteiger partial charge on any atom is -0.493 e. The lowest BCUT2D eigenvalue weighted by atomic mass is 9.95. The maximum absolute atomic E-state index is 13.1. The molecule has 2 aliphatic rings. The molecule has 0 atom stereocenters. The number of likely N-dealkylation sites (tertiary alicyclic amines) is 1. The van der Waals surface area contributed by atoms with Gasteiger partial charge in [-0.05, 0) is 37.1 Å². The van der Waals surface area contributed by atoms with E-state index in [1.807, 2.05) is 0 Å². The Balaban J connectivity index is 1.38. The van der Waals surface area contributed by atoms with E-state index in [4.69, 9.17) is 23.7 Å². The summed E-state index contributed by atoms with van der Waals surface area (Å²) in [6, 6.07) is 8.60. The number of piperidine rings is 1. The average molecular weight is 442 g/mol. The summed E-state index contributed by atoms with van der Waals surface area (Å²) in [5, 5.41) is 2.94. The van der Waals surface area contributed by atoms with E-state index in [0.717, 1.165) is 0 Å². The van der Waals surface area contributed by atoms with Crippen LogP contribution in [0.3, 0.4) is 0 Å². The Kier molecular flexibility index (Phi) is 6.25. The monoisotopic (exact) mass is 442 g/mol. The summed E-state index contributed by atoms with van der Waals surface area (Å²) < 4.78 is 26.7. The van der Waals surface area contributed by atoms with Gasteiger partial charge >= 0.3 is 0 Å². The summed E-state index contributed by atoms with van der Waals surface area (Å²) in [5.74, 6) is 2.19. The van der Waals surface area contributed by atoms with Gasteiger partial charge in [-0.15, -0.1) is 0 Å². The van der Waals surface area contributed by atoms with Crippen molar-refractivity contribution in [2.45, 2.75) is 12.8 Å². The molecule has 0 radical (unpaired) electrons. The number of carbonyl (C=O) groups excluding carboxylic acids is 2. The summed E-state index contributed by atoms with van der Waals surface area (Å²) in [7, 11) is 4.53. The van der Waals surface area contributed by atoms with Gasteiger partial charge in [-0.2, -0.15) is 0 Å². The molecule has 170 valence electrons. The maximum atomic E-state index is 13.1. The molecule has 1 fully saturated rings. The van der Waals surface area contributed by atoms with Crippen molar-refractivity contribution in [3.8, 4) is 28.7 Å². The van der Waals surface area contributed by atoms with E-state index in [9.17, 15) is 9.59 Å². The quantitative estimate of drug-likeness (QED) is 0.735. The molecule has 9 nitrogen and oxygen atoms in total. The number of fused-ring (bicyclic) bond motifs is 1. The Bertz CT molecular complexity index is 990. The van der Waals surface area contributed by atoms with Gasteiger partial charge in [0.2, 0.25) is 18.4 Å². The van der Waals surface area contributed by atoms with Gasteiger partial charge in [-0.1, -0.05) is 0 Å². The van der Waals surface area contributed by atoms with Crippen molar-refractivity contribution >= 4 is 17.5 Å². The highest BCUT2D eigenvalue weighted by atomic mass is 16.7. The molecule has 0 spiro atoms. The van der Waals surface area contributed by atoms with E-state index in [2.05, 4.69) is 5.32 Å². The zero-order valence-electron chi connectivity index (χ0n) is 18.3. The average Bonchev–Trinajstić information content (AvgIpc) is 3.30. The molecule has 2 aromatic carbocycles. The first-order valence-electron chi connectivity index (χ1n) is 10.3. The highest BCUT2D eigenvalue weighted by molar-refractivity contribution is 5.96. The molecule has 2 aliphatic heterocycles. The molecular formula is C23H26N2O7. The van der Waals surface area contributed by atoms with Crippen LogP contribution in [-0.2, 0) is 4.79 Å². The van der Waals surface area contributed by atoms with Crippen molar-refractivity contribution in [1.82, 2.24) is 4.90 Å². The lowest BCUT2D eigenvalue weighted by Gasteiger charge is -2.31. The fourth-order valence-electron chi connectivity index (χ4n) is 3.95. The lowest BCUT2D eigenvalue weighted by Crippen LogP contribution is -2.41. The Hall–Kier alpha value is -3.62. The fraction of sp³-hybridized carbons (Fsp3) is 0.391. The number of hydrogen-bond donors (Lipinski definition) is 1. The summed E-state index contributed by atoms with van der Waals surface area (Å²) in [5.41, 5.74) is 1.11. The molecule has 1 saturated heterocycles. The zero-order chi connectivity index (χ0) is 22.7. The van der Waals surface area contributed by atoms with Crippen LogP contribution in [0.1, 0.15) is 23.2 Å². The first kappa shape index (κ1) is 21.6. The number of rotatable bonds is 6. The maximum Gasteiger partial charge on any atom is 0.254 e. The second-order valence-corrected chi connectivity index (χ2v) is 7.54. The molecule has 2 aromatic rings. The molecule has 0 saturated carbocycles. The Labute approximate surface area is 186 Å². The van der Waals surface area contributed by atoms with Crippen molar-refractivity contribution in [3.63, 3.8) is 0 Å². The molecule has 2 amide bonds. The van der Waals surface area contributed by atoms with Gasteiger partial charge in [0.05, 0.1) is 21.3 Å². The van der Waals surface area contributed by atoms with Crippen LogP contribution in [0.25, 0.3) is 0 Å². The molecule has 2 heterocycles. The Morgan fingerprint density at radius 2 is 1.59 bits per heavy atom. The van der Waals surface area contributed by atoms with Crippen LogP contribution >= 0.6 is 0 Å². The highest BCUT2D eigenvalue weighted by Gasteiger charge is 2.29. The Morgan fingerprint density at radius 3 is 2.22 bits per heavy atom. The third-order valence-corrected chi connectivity index (χ3v) is 5.70. The van der Waals surface area contributed by atoms with E-state index < -0.39 is 0 Å². The van der Waals surface area contributed by atoms with Gasteiger partial charge < -0.3 is 33.9 Å². The van der Waals surface area contributed by atoms with Gasteiger partial charge in [0, 0.05) is 36.3 Å². The standard InChI is InChI=1S/C23H26N2O7/c1-28-19-10-15(11-20(29-2)21(19)30-3)23(27)25-8-6-14(7-9-25)22(26)24-16-4-5-17-18(12-16)32-13-31-17/h4-5,10-12,14H,6-9,13H2,1-3H3,(H,24,26). The summed E-state index contributed by atoms with van der Waals surface area (Å²) in [6.07, 6.45) is 1.15. The van der Waals surface area contributed by atoms with Crippen LogP contribution in [0.2, 0.25) is 0 Å². The molecule has 0 aliphatic carbocycles. The molecule has 32 heavy (non-hydrogen) atoms. The van der Waals surface area contributed by atoms with Crippen molar-refractivity contribution in [1.29, 1.82) is 0 Å². The van der Waals surface area contributed by atoms with Crippen molar-refractivity contribution in [3.05, 3.63) is 35.9 Å². The minimum atomic E-state index is -0.176. The molecule has 1 N–H and O–H groups in total. The number of nitrogens with one attached hydrogen (secondary N) is 1. The molecular weight excluding hydrogens is 416 g/mol. The van der Waals surface area contributed by atoms with E-state index in [-0.39, 0.29) is 24.5 Å². The van der Waals surface area contributed by atoms with Crippen LogP contribution in [0, 0.1) is 5.92 Å². The van der Waals surface area contributed by atoms with Crippen molar-refractivity contribution < 1.29 is 33.3 Å². The van der Waals surface area contributed by atoms with Crippen molar-refractivity contribution in [2.75, 3.05) is 46.5 Å². The molecule has 9 heteroatoms. The number of anilines is 1. The topological polar surface area (TPSA) is 95.6 Å². The number of hydrogen-bond acceptors (Lipinski definition) is 7. The first-order chi connectivity index (χ1) is 15.5. The third-order valence-electron chi connectivity index (χ3n) is 5.70. The second kappa shape index (κ2) is 9.25. The lowest BCUT2D eigenvalue weighted by molar-refractivity contribution is -0.121. The molecule has 0 bridgehead atoms. The predicted molar refractivity (Wildman–Crippen MR) is 116 cm³/mol. The number of nitrogens with zero attached hydrogens (tertiary/aromatic N) is 1. The summed E-state index contributed by atoms with van der Waals surface area (Å²) in [4.78, 5) is 27.5. The number of methoxy groups -OCH3 is 3. The van der Waals surface area contributed by atoms with Crippen molar-refractivity contribution in [2.24, 2.45) is 5.92 Å². The second-order valence-electron chi connectivity index (χ2n) is 7.54. The third kappa shape index (κ3) is 4.23. The van der Waals surface area contributed by atoms with E-state index in [1.165, 1.54) is 21.3 Å². The fourth-order valence-corrected chi connectivity index (χ4v) is 3.95. The number of amides is 2. The van der Waals surface area contributed by atoms with E-state index >= 15 is 0 Å². The minimum absolute atomic E-state index is 0.0660. The largest absolute Gasteiger partial charge is 0.493 e. The smallest absolute Gasteiger partial charge is 0.254 e. The van der Waals surface area contributed by atoms with Crippen LogP contribution < -0.4 is 29.0 Å². The number of benzene rings is 2. The predicted octanol–water partition coefficient (Wildman–Crippen LogP) is 2.93. The van der Waals surface area contributed by atoms with Gasteiger partial charge in [0.1, 0.15) is 0 Å². The molecule has 4 rings (SSSR count).